The highest BCUT2D eigenvalue weighted by molar-refractivity contribution is 7.92. The molecule has 2 aromatic carbocycles. The van der Waals surface area contributed by atoms with E-state index in [0.29, 0.717) is 30.0 Å². The van der Waals surface area contributed by atoms with Gasteiger partial charge in [0.05, 0.1) is 11.2 Å². The van der Waals surface area contributed by atoms with Crippen LogP contribution < -0.4 is 15.4 Å². The summed E-state index contributed by atoms with van der Waals surface area (Å²) in [4.78, 5) is 16.8. The second-order valence-electron chi connectivity index (χ2n) is 7.90. The molecule has 1 heterocycles. The van der Waals surface area contributed by atoms with Gasteiger partial charge in [-0.05, 0) is 43.2 Å². The van der Waals surface area contributed by atoms with Crippen molar-refractivity contribution in [1.82, 2.24) is 14.9 Å². The minimum absolute atomic E-state index is 0.0455. The summed E-state index contributed by atoms with van der Waals surface area (Å²) < 4.78 is 30.6. The number of benzene rings is 2. The van der Waals surface area contributed by atoms with Crippen LogP contribution in [0.3, 0.4) is 0 Å². The summed E-state index contributed by atoms with van der Waals surface area (Å²) in [7, 11) is -3.86. The van der Waals surface area contributed by atoms with E-state index < -0.39 is 10.0 Å². The lowest BCUT2D eigenvalue weighted by atomic mass is 10.1. The Kier molecular flexibility index (Phi) is 6.75. The Hall–Kier alpha value is -3.33. The standard InChI is InChI=1S/C23H27N5O3S/c29-23(25-11-13-28-12-10-24-17-28)18-14-21(26-19-6-4-5-7-19)16-22(15-18)32(30,31)27-20-8-2-1-3-9-20/h1-3,8-10,12,14-17,19,26-27H,4-7,11,13H2,(H,25,29). The van der Waals surface area contributed by atoms with E-state index in [2.05, 4.69) is 20.3 Å². The number of anilines is 2. The van der Waals surface area contributed by atoms with Gasteiger partial charge in [0.2, 0.25) is 0 Å². The Balaban J connectivity index is 1.56. The summed E-state index contributed by atoms with van der Waals surface area (Å²) in [5.41, 5.74) is 1.40. The maximum Gasteiger partial charge on any atom is 0.261 e. The van der Waals surface area contributed by atoms with Gasteiger partial charge < -0.3 is 15.2 Å². The quantitative estimate of drug-likeness (QED) is 0.460. The van der Waals surface area contributed by atoms with Crippen LogP contribution >= 0.6 is 0 Å². The molecule has 1 aliphatic rings. The van der Waals surface area contributed by atoms with Crippen molar-refractivity contribution in [1.29, 1.82) is 0 Å². The predicted molar refractivity (Wildman–Crippen MR) is 124 cm³/mol. The largest absolute Gasteiger partial charge is 0.382 e. The summed E-state index contributed by atoms with van der Waals surface area (Å²) in [6.45, 7) is 0.978. The maximum absolute atomic E-state index is 13.1. The molecule has 1 amide bonds. The molecular weight excluding hydrogens is 426 g/mol. The average Bonchev–Trinajstić information content (AvgIpc) is 3.48. The van der Waals surface area contributed by atoms with Crippen molar-refractivity contribution < 1.29 is 13.2 Å². The molecule has 3 aromatic rings. The normalized spacial score (nSPS) is 14.2. The Bertz CT molecular complexity index is 1140. The summed E-state index contributed by atoms with van der Waals surface area (Å²) >= 11 is 0. The number of hydrogen-bond donors (Lipinski definition) is 3. The molecule has 8 nitrogen and oxygen atoms in total. The molecule has 1 aliphatic carbocycles. The smallest absolute Gasteiger partial charge is 0.261 e. The average molecular weight is 454 g/mol. The lowest BCUT2D eigenvalue weighted by molar-refractivity contribution is 0.0952. The van der Waals surface area contributed by atoms with Crippen molar-refractivity contribution in [3.05, 3.63) is 72.8 Å². The van der Waals surface area contributed by atoms with Gasteiger partial charge in [0, 0.05) is 48.5 Å². The number of imidazole rings is 1. The number of para-hydroxylation sites is 1. The number of carbonyl (C=O) groups is 1. The van der Waals surface area contributed by atoms with E-state index >= 15 is 0 Å². The molecule has 0 saturated heterocycles. The van der Waals surface area contributed by atoms with Crippen LogP contribution in [0.25, 0.3) is 0 Å². The highest BCUT2D eigenvalue weighted by Crippen LogP contribution is 2.26. The van der Waals surface area contributed by atoms with Crippen LogP contribution in [0.5, 0.6) is 0 Å². The molecule has 1 aromatic heterocycles. The zero-order chi connectivity index (χ0) is 22.4. The van der Waals surface area contributed by atoms with Crippen molar-refractivity contribution in [2.24, 2.45) is 0 Å². The molecule has 168 valence electrons. The molecule has 0 spiro atoms. The summed E-state index contributed by atoms with van der Waals surface area (Å²) in [5.74, 6) is -0.323. The fraction of sp³-hybridized carbons (Fsp3) is 0.304. The Morgan fingerprint density at radius 2 is 1.84 bits per heavy atom. The molecule has 0 atom stereocenters. The van der Waals surface area contributed by atoms with E-state index in [1.165, 1.54) is 6.07 Å². The number of amides is 1. The molecule has 9 heteroatoms. The van der Waals surface area contributed by atoms with Crippen LogP contribution in [0.1, 0.15) is 36.0 Å². The van der Waals surface area contributed by atoms with Crippen molar-refractivity contribution in [3.8, 4) is 0 Å². The third-order valence-corrected chi connectivity index (χ3v) is 6.81. The van der Waals surface area contributed by atoms with Crippen LogP contribution in [0.2, 0.25) is 0 Å². The van der Waals surface area contributed by atoms with E-state index in [9.17, 15) is 13.2 Å². The number of rotatable bonds is 9. The van der Waals surface area contributed by atoms with E-state index in [1.54, 1.807) is 48.9 Å². The van der Waals surface area contributed by atoms with Crippen LogP contribution in [0, 0.1) is 0 Å². The third-order valence-electron chi connectivity index (χ3n) is 5.45. The molecule has 1 saturated carbocycles. The molecular formula is C23H27N5O3S. The molecule has 32 heavy (non-hydrogen) atoms. The number of aromatic nitrogens is 2. The van der Waals surface area contributed by atoms with Gasteiger partial charge in [-0.25, -0.2) is 13.4 Å². The van der Waals surface area contributed by atoms with Gasteiger partial charge in [-0.3, -0.25) is 9.52 Å². The first-order chi connectivity index (χ1) is 15.5. The number of nitrogens with one attached hydrogen (secondary N) is 3. The van der Waals surface area contributed by atoms with E-state index in [-0.39, 0.29) is 16.8 Å². The highest BCUT2D eigenvalue weighted by Gasteiger charge is 2.21. The first-order valence-electron chi connectivity index (χ1n) is 10.7. The molecule has 1 fully saturated rings. The predicted octanol–water partition coefficient (Wildman–Crippen LogP) is 3.47. The van der Waals surface area contributed by atoms with E-state index in [1.807, 2.05) is 16.8 Å². The van der Waals surface area contributed by atoms with Crippen LogP contribution in [-0.4, -0.2) is 36.5 Å². The number of carbonyl (C=O) groups excluding carboxylic acids is 1. The molecule has 0 aliphatic heterocycles. The number of nitrogens with zero attached hydrogens (tertiary/aromatic N) is 2. The van der Waals surface area contributed by atoms with Crippen LogP contribution in [-0.2, 0) is 16.6 Å². The highest BCUT2D eigenvalue weighted by atomic mass is 32.2. The molecule has 3 N–H and O–H groups in total. The molecule has 0 unspecified atom stereocenters. The number of sulfonamides is 1. The van der Waals surface area contributed by atoms with Gasteiger partial charge in [0.15, 0.2) is 0 Å². The minimum Gasteiger partial charge on any atom is -0.382 e. The second kappa shape index (κ2) is 9.86. The number of hydrogen-bond acceptors (Lipinski definition) is 5. The van der Waals surface area contributed by atoms with Crippen LogP contribution in [0.15, 0.2) is 72.1 Å². The monoisotopic (exact) mass is 453 g/mol. The van der Waals surface area contributed by atoms with E-state index in [4.69, 9.17) is 0 Å². The first kappa shape index (κ1) is 21.9. The Morgan fingerprint density at radius 1 is 1.06 bits per heavy atom. The topological polar surface area (TPSA) is 105 Å². The molecule has 0 radical (unpaired) electrons. The zero-order valence-electron chi connectivity index (χ0n) is 17.7. The van der Waals surface area contributed by atoms with E-state index in [0.717, 1.165) is 25.7 Å². The van der Waals surface area contributed by atoms with Gasteiger partial charge >= 0.3 is 0 Å². The second-order valence-corrected chi connectivity index (χ2v) is 9.58. The van der Waals surface area contributed by atoms with Gasteiger partial charge in [-0.1, -0.05) is 31.0 Å². The van der Waals surface area contributed by atoms with Gasteiger partial charge in [0.25, 0.3) is 15.9 Å². The minimum atomic E-state index is -3.86. The third kappa shape index (κ3) is 5.67. The van der Waals surface area contributed by atoms with Crippen molar-refractivity contribution >= 4 is 27.3 Å². The maximum atomic E-state index is 13.1. The summed E-state index contributed by atoms with van der Waals surface area (Å²) in [5, 5.41) is 6.26. The first-order valence-corrected chi connectivity index (χ1v) is 12.2. The fourth-order valence-corrected chi connectivity index (χ4v) is 4.94. The van der Waals surface area contributed by atoms with Gasteiger partial charge in [-0.15, -0.1) is 0 Å². The van der Waals surface area contributed by atoms with Gasteiger partial charge in [-0.2, -0.15) is 0 Å². The van der Waals surface area contributed by atoms with Crippen LogP contribution in [0.4, 0.5) is 11.4 Å². The zero-order valence-corrected chi connectivity index (χ0v) is 18.5. The van der Waals surface area contributed by atoms with Gasteiger partial charge in [0.1, 0.15) is 0 Å². The van der Waals surface area contributed by atoms with Crippen molar-refractivity contribution in [3.63, 3.8) is 0 Å². The summed E-state index contributed by atoms with van der Waals surface area (Å²) in [6.07, 6.45) is 9.53. The van der Waals surface area contributed by atoms with Crippen molar-refractivity contribution in [2.75, 3.05) is 16.6 Å². The summed E-state index contributed by atoms with van der Waals surface area (Å²) in [6, 6.07) is 13.7. The fourth-order valence-electron chi connectivity index (χ4n) is 3.81. The van der Waals surface area contributed by atoms with Crippen molar-refractivity contribution in [2.45, 2.75) is 43.2 Å². The SMILES string of the molecule is O=C(NCCn1ccnc1)c1cc(NC2CCCC2)cc(S(=O)(=O)Nc2ccccc2)c1. The Morgan fingerprint density at radius 3 is 2.56 bits per heavy atom. The molecule has 0 bridgehead atoms. The lowest BCUT2D eigenvalue weighted by Crippen LogP contribution is -2.27. The lowest BCUT2D eigenvalue weighted by Gasteiger charge is -2.17. The molecule has 4 rings (SSSR count). The Labute approximate surface area is 188 Å².